The molecule has 0 amide bonds. The first-order valence-electron chi connectivity index (χ1n) is 5.93. The zero-order valence-corrected chi connectivity index (χ0v) is 12.4. The quantitative estimate of drug-likeness (QED) is 0.863. The molecule has 0 saturated carbocycles. The number of hydrogen-bond donors (Lipinski definition) is 1. The van der Waals surface area contributed by atoms with E-state index in [1.54, 1.807) is 19.1 Å². The van der Waals surface area contributed by atoms with Crippen molar-refractivity contribution in [2.45, 2.75) is 18.4 Å². The predicted octanol–water partition coefficient (Wildman–Crippen LogP) is 3.06. The van der Waals surface area contributed by atoms with Gasteiger partial charge in [0, 0.05) is 5.02 Å². The molecule has 0 aliphatic carbocycles. The van der Waals surface area contributed by atoms with E-state index in [9.17, 15) is 8.42 Å². The van der Waals surface area contributed by atoms with Gasteiger partial charge in [0.2, 0.25) is 0 Å². The molecule has 0 unspecified atom stereocenters. The first-order chi connectivity index (χ1) is 9.49. The molecule has 2 aromatic carbocycles. The molecule has 4 nitrogen and oxygen atoms in total. The number of sulfonamides is 1. The minimum absolute atomic E-state index is 0.109. The van der Waals surface area contributed by atoms with Gasteiger partial charge in [-0.05, 0) is 30.2 Å². The molecule has 20 heavy (non-hydrogen) atoms. The Kier molecular flexibility index (Phi) is 4.77. The van der Waals surface area contributed by atoms with E-state index in [4.69, 9.17) is 16.4 Å². The van der Waals surface area contributed by atoms with Crippen LogP contribution in [0.5, 0.6) is 0 Å². The summed E-state index contributed by atoms with van der Waals surface area (Å²) in [5.74, 6) is 0. The maximum Gasteiger partial charge on any atom is 0.262 e. The highest BCUT2D eigenvalue weighted by Gasteiger charge is 2.17. The minimum Gasteiger partial charge on any atom is -0.282 e. The molecule has 0 saturated heterocycles. The molecule has 0 spiro atoms. The highest BCUT2D eigenvalue weighted by molar-refractivity contribution is 7.89. The van der Waals surface area contributed by atoms with E-state index in [1.165, 1.54) is 6.07 Å². The molecule has 0 fully saturated rings. The van der Waals surface area contributed by atoms with Gasteiger partial charge in [-0.2, -0.15) is 0 Å². The van der Waals surface area contributed by atoms with E-state index in [0.717, 1.165) is 5.56 Å². The molecule has 0 heterocycles. The van der Waals surface area contributed by atoms with Gasteiger partial charge in [0.25, 0.3) is 10.0 Å². The van der Waals surface area contributed by atoms with Crippen molar-refractivity contribution in [1.82, 2.24) is 4.89 Å². The van der Waals surface area contributed by atoms with Crippen molar-refractivity contribution in [2.75, 3.05) is 0 Å². The fourth-order valence-corrected chi connectivity index (χ4v) is 2.99. The second-order valence-corrected chi connectivity index (χ2v) is 6.32. The van der Waals surface area contributed by atoms with Crippen LogP contribution in [0.1, 0.15) is 11.1 Å². The summed E-state index contributed by atoms with van der Waals surface area (Å²) in [5, 5.41) is 0.360. The van der Waals surface area contributed by atoms with Gasteiger partial charge in [-0.25, -0.2) is 8.42 Å². The van der Waals surface area contributed by atoms with Crippen LogP contribution in [0.15, 0.2) is 53.4 Å². The highest BCUT2D eigenvalue weighted by atomic mass is 35.5. The standard InChI is InChI=1S/C14H14ClNO3S/c1-11-7-8-13(15)9-14(11)20(17,18)16-19-10-12-5-3-2-4-6-12/h2-9,16H,10H2,1H3. The van der Waals surface area contributed by atoms with Crippen LogP contribution in [-0.4, -0.2) is 8.42 Å². The van der Waals surface area contributed by atoms with Gasteiger partial charge in [-0.15, -0.1) is 0 Å². The van der Waals surface area contributed by atoms with Crippen LogP contribution in [0.2, 0.25) is 5.02 Å². The molecule has 2 rings (SSSR count). The van der Waals surface area contributed by atoms with E-state index in [1.807, 2.05) is 30.3 Å². The third-order valence-corrected chi connectivity index (χ3v) is 4.28. The molecule has 0 aliphatic heterocycles. The Bertz CT molecular complexity index is 687. The van der Waals surface area contributed by atoms with Crippen molar-refractivity contribution in [3.63, 3.8) is 0 Å². The molecule has 1 N–H and O–H groups in total. The molecule has 2 aromatic rings. The van der Waals surface area contributed by atoms with Crippen LogP contribution in [0.4, 0.5) is 0 Å². The number of aryl methyl sites for hydroxylation is 1. The van der Waals surface area contributed by atoms with Crippen molar-refractivity contribution in [2.24, 2.45) is 0 Å². The van der Waals surface area contributed by atoms with Gasteiger partial charge in [0.1, 0.15) is 0 Å². The Labute approximate surface area is 123 Å². The number of nitrogens with one attached hydrogen (secondary N) is 1. The molecule has 6 heteroatoms. The van der Waals surface area contributed by atoms with Gasteiger partial charge in [0.05, 0.1) is 11.5 Å². The normalized spacial score (nSPS) is 11.5. The second-order valence-electron chi connectivity index (χ2n) is 4.27. The van der Waals surface area contributed by atoms with Gasteiger partial charge >= 0.3 is 0 Å². The second kappa shape index (κ2) is 6.37. The van der Waals surface area contributed by atoms with Crippen molar-refractivity contribution in [3.8, 4) is 0 Å². The van der Waals surface area contributed by atoms with Crippen molar-refractivity contribution in [1.29, 1.82) is 0 Å². The largest absolute Gasteiger partial charge is 0.282 e. The van der Waals surface area contributed by atoms with E-state index in [2.05, 4.69) is 4.89 Å². The van der Waals surface area contributed by atoms with Crippen LogP contribution in [0.3, 0.4) is 0 Å². The fraction of sp³-hybridized carbons (Fsp3) is 0.143. The molecule has 0 atom stereocenters. The van der Waals surface area contributed by atoms with Gasteiger partial charge < -0.3 is 0 Å². The number of hydrogen-bond acceptors (Lipinski definition) is 3. The SMILES string of the molecule is Cc1ccc(Cl)cc1S(=O)(=O)NOCc1ccccc1. The Balaban J connectivity index is 2.06. The molecule has 0 radical (unpaired) electrons. The number of halogens is 1. The number of rotatable bonds is 5. The van der Waals surface area contributed by atoms with Crippen molar-refractivity contribution < 1.29 is 13.3 Å². The third kappa shape index (κ3) is 3.80. The fourth-order valence-electron chi connectivity index (χ4n) is 1.67. The average molecular weight is 312 g/mol. The monoisotopic (exact) mass is 311 g/mol. The van der Waals surface area contributed by atoms with E-state index in [0.29, 0.717) is 10.6 Å². The smallest absolute Gasteiger partial charge is 0.262 e. The van der Waals surface area contributed by atoms with Crippen LogP contribution >= 0.6 is 11.6 Å². The summed E-state index contributed by atoms with van der Waals surface area (Å²) in [6.07, 6.45) is 0. The maximum atomic E-state index is 12.1. The summed E-state index contributed by atoms with van der Waals surface area (Å²) in [6.45, 7) is 1.85. The van der Waals surface area contributed by atoms with Gasteiger partial charge in [0.15, 0.2) is 0 Å². The highest BCUT2D eigenvalue weighted by Crippen LogP contribution is 2.20. The lowest BCUT2D eigenvalue weighted by Gasteiger charge is -2.09. The maximum absolute atomic E-state index is 12.1. The van der Waals surface area contributed by atoms with Crippen molar-refractivity contribution >= 4 is 21.6 Å². The van der Waals surface area contributed by atoms with Crippen LogP contribution in [0, 0.1) is 6.92 Å². The molecule has 106 valence electrons. The minimum atomic E-state index is -3.74. The lowest BCUT2D eigenvalue weighted by Crippen LogP contribution is -2.24. The molecular formula is C14H14ClNO3S. The molecular weight excluding hydrogens is 298 g/mol. The topological polar surface area (TPSA) is 55.4 Å². The lowest BCUT2D eigenvalue weighted by atomic mass is 10.2. The van der Waals surface area contributed by atoms with Crippen molar-refractivity contribution in [3.05, 3.63) is 64.7 Å². The summed E-state index contributed by atoms with van der Waals surface area (Å²) in [4.78, 5) is 7.27. The lowest BCUT2D eigenvalue weighted by molar-refractivity contribution is 0.0795. The van der Waals surface area contributed by atoms with E-state index < -0.39 is 10.0 Å². The van der Waals surface area contributed by atoms with E-state index >= 15 is 0 Å². The molecule has 0 aromatic heterocycles. The first kappa shape index (κ1) is 15.0. The van der Waals surface area contributed by atoms with Gasteiger partial charge in [-0.3, -0.25) is 4.84 Å². The predicted molar refractivity (Wildman–Crippen MR) is 77.7 cm³/mol. The summed E-state index contributed by atoms with van der Waals surface area (Å²) in [5.41, 5.74) is 1.48. The van der Waals surface area contributed by atoms with Gasteiger partial charge in [-0.1, -0.05) is 52.9 Å². The number of benzene rings is 2. The average Bonchev–Trinajstić information content (AvgIpc) is 2.42. The Morgan fingerprint density at radius 3 is 2.55 bits per heavy atom. The zero-order chi connectivity index (χ0) is 14.6. The van der Waals surface area contributed by atoms with E-state index in [-0.39, 0.29) is 11.5 Å². The summed E-state index contributed by atoms with van der Waals surface area (Å²) < 4.78 is 24.2. The zero-order valence-electron chi connectivity index (χ0n) is 10.8. The van der Waals surface area contributed by atoms with Crippen LogP contribution in [0.25, 0.3) is 0 Å². The van der Waals surface area contributed by atoms with Crippen LogP contribution < -0.4 is 4.89 Å². The van der Waals surface area contributed by atoms with Crippen LogP contribution in [-0.2, 0) is 21.5 Å². The molecule has 0 aliphatic rings. The molecule has 0 bridgehead atoms. The summed E-state index contributed by atoms with van der Waals surface area (Å²) >= 11 is 5.82. The summed E-state index contributed by atoms with van der Waals surface area (Å²) in [7, 11) is -3.74. The Morgan fingerprint density at radius 2 is 1.85 bits per heavy atom. The third-order valence-electron chi connectivity index (χ3n) is 2.69. The Hall–Kier alpha value is -1.40. The first-order valence-corrected chi connectivity index (χ1v) is 7.79. The summed E-state index contributed by atoms with van der Waals surface area (Å²) in [6, 6.07) is 14.0. The Morgan fingerprint density at radius 1 is 1.15 bits per heavy atom.